The van der Waals surface area contributed by atoms with E-state index < -0.39 is 0 Å². The van der Waals surface area contributed by atoms with Gasteiger partial charge in [0.1, 0.15) is 5.56 Å². The number of para-hydroxylation sites is 1. The highest BCUT2D eigenvalue weighted by Crippen LogP contribution is 2.30. The van der Waals surface area contributed by atoms with E-state index >= 15 is 0 Å². The molecule has 4 nitrogen and oxygen atoms in total. The number of carbonyl (C=O) groups is 1. The lowest BCUT2D eigenvalue weighted by atomic mass is 9.94. The molecule has 1 fully saturated rings. The van der Waals surface area contributed by atoms with E-state index in [1.807, 2.05) is 31.2 Å². The van der Waals surface area contributed by atoms with E-state index in [1.165, 1.54) is 19.3 Å². The Balaban J connectivity index is 2.01. The first kappa shape index (κ1) is 14.8. The predicted molar refractivity (Wildman–Crippen MR) is 88.2 cm³/mol. The number of rotatable bonds is 4. The summed E-state index contributed by atoms with van der Waals surface area (Å²) in [5.41, 5.74) is 2.30. The summed E-state index contributed by atoms with van der Waals surface area (Å²) >= 11 is 0. The van der Waals surface area contributed by atoms with Crippen LogP contribution >= 0.6 is 0 Å². The first-order chi connectivity index (χ1) is 10.8. The standard InChI is InChI=1S/C18H22N2O2/c1-2-22-18(21)15-12-19-16-11-7-6-10-14(16)17(15)20-13-8-4-3-5-9-13/h6-7,10-13H,2-5,8-9H2,1H3,(H,19,20). The van der Waals surface area contributed by atoms with Crippen LogP contribution in [0.5, 0.6) is 0 Å². The summed E-state index contributed by atoms with van der Waals surface area (Å²) in [5, 5.41) is 4.58. The van der Waals surface area contributed by atoms with Gasteiger partial charge in [-0.2, -0.15) is 0 Å². The average molecular weight is 298 g/mol. The fraction of sp³-hybridized carbons (Fsp3) is 0.444. The second kappa shape index (κ2) is 6.77. The molecule has 0 aliphatic heterocycles. The van der Waals surface area contributed by atoms with Gasteiger partial charge in [-0.3, -0.25) is 4.98 Å². The molecule has 1 heterocycles. The van der Waals surface area contributed by atoms with Crippen molar-refractivity contribution in [2.75, 3.05) is 11.9 Å². The highest BCUT2D eigenvalue weighted by molar-refractivity contribution is 6.04. The number of aromatic nitrogens is 1. The molecule has 1 aromatic heterocycles. The van der Waals surface area contributed by atoms with Crippen LogP contribution in [0.1, 0.15) is 49.4 Å². The number of anilines is 1. The van der Waals surface area contributed by atoms with Crippen molar-refractivity contribution in [1.29, 1.82) is 0 Å². The quantitative estimate of drug-likeness (QED) is 0.861. The second-order valence-electron chi connectivity index (χ2n) is 5.76. The number of nitrogens with zero attached hydrogens (tertiary/aromatic N) is 1. The van der Waals surface area contributed by atoms with E-state index in [-0.39, 0.29) is 5.97 Å². The molecule has 0 spiro atoms. The molecule has 0 atom stereocenters. The maximum atomic E-state index is 12.2. The number of benzene rings is 1. The van der Waals surface area contributed by atoms with E-state index in [9.17, 15) is 4.79 Å². The van der Waals surface area contributed by atoms with E-state index in [0.29, 0.717) is 18.2 Å². The number of carbonyl (C=O) groups excluding carboxylic acids is 1. The number of hydrogen-bond donors (Lipinski definition) is 1. The molecule has 1 aliphatic rings. The van der Waals surface area contributed by atoms with Crippen LogP contribution in [-0.4, -0.2) is 23.6 Å². The number of ether oxygens (including phenoxy) is 1. The fourth-order valence-electron chi connectivity index (χ4n) is 3.11. The zero-order valence-corrected chi connectivity index (χ0v) is 13.0. The van der Waals surface area contributed by atoms with Crippen molar-refractivity contribution in [3.05, 3.63) is 36.0 Å². The Hall–Kier alpha value is -2.10. The molecular weight excluding hydrogens is 276 g/mol. The van der Waals surface area contributed by atoms with Gasteiger partial charge in [0.15, 0.2) is 0 Å². The zero-order valence-electron chi connectivity index (χ0n) is 13.0. The van der Waals surface area contributed by atoms with Crippen molar-refractivity contribution in [2.24, 2.45) is 0 Å². The van der Waals surface area contributed by atoms with Gasteiger partial charge in [0.2, 0.25) is 0 Å². The summed E-state index contributed by atoms with van der Waals surface area (Å²) in [6, 6.07) is 8.34. The van der Waals surface area contributed by atoms with Crippen molar-refractivity contribution in [2.45, 2.75) is 45.1 Å². The maximum Gasteiger partial charge on any atom is 0.341 e. The van der Waals surface area contributed by atoms with Crippen molar-refractivity contribution in [1.82, 2.24) is 4.98 Å². The minimum absolute atomic E-state index is 0.306. The lowest BCUT2D eigenvalue weighted by molar-refractivity contribution is 0.0527. The predicted octanol–water partition coefficient (Wildman–Crippen LogP) is 4.16. The van der Waals surface area contributed by atoms with Crippen LogP contribution in [0.4, 0.5) is 5.69 Å². The molecule has 1 aromatic carbocycles. The van der Waals surface area contributed by atoms with Crippen molar-refractivity contribution in [3.8, 4) is 0 Å². The van der Waals surface area contributed by atoms with Gasteiger partial charge < -0.3 is 10.1 Å². The molecular formula is C18H22N2O2. The smallest absolute Gasteiger partial charge is 0.341 e. The Labute approximate surface area is 130 Å². The summed E-state index contributed by atoms with van der Waals surface area (Å²) in [6.45, 7) is 2.19. The van der Waals surface area contributed by atoms with Crippen LogP contribution in [0.3, 0.4) is 0 Å². The summed E-state index contributed by atoms with van der Waals surface area (Å²) in [5.74, 6) is -0.306. The molecule has 0 bridgehead atoms. The molecule has 116 valence electrons. The Kier molecular flexibility index (Phi) is 4.56. The Morgan fingerprint density at radius 3 is 2.82 bits per heavy atom. The average Bonchev–Trinajstić information content (AvgIpc) is 2.56. The Bertz CT molecular complexity index is 663. The zero-order chi connectivity index (χ0) is 15.4. The largest absolute Gasteiger partial charge is 0.462 e. The van der Waals surface area contributed by atoms with Crippen LogP contribution in [0.2, 0.25) is 0 Å². The Morgan fingerprint density at radius 1 is 1.27 bits per heavy atom. The molecule has 1 aliphatic carbocycles. The third kappa shape index (κ3) is 3.06. The maximum absolute atomic E-state index is 12.2. The third-order valence-corrected chi connectivity index (χ3v) is 4.22. The van der Waals surface area contributed by atoms with Crippen LogP contribution in [0.25, 0.3) is 10.9 Å². The van der Waals surface area contributed by atoms with Gasteiger partial charge in [-0.1, -0.05) is 37.5 Å². The monoisotopic (exact) mass is 298 g/mol. The van der Waals surface area contributed by atoms with E-state index in [0.717, 1.165) is 29.4 Å². The van der Waals surface area contributed by atoms with Crippen LogP contribution in [-0.2, 0) is 4.74 Å². The van der Waals surface area contributed by atoms with Crippen molar-refractivity contribution >= 4 is 22.6 Å². The van der Waals surface area contributed by atoms with E-state index in [1.54, 1.807) is 6.20 Å². The van der Waals surface area contributed by atoms with Crippen molar-refractivity contribution < 1.29 is 9.53 Å². The molecule has 3 rings (SSSR count). The van der Waals surface area contributed by atoms with Gasteiger partial charge >= 0.3 is 5.97 Å². The second-order valence-corrected chi connectivity index (χ2v) is 5.76. The molecule has 0 amide bonds. The fourth-order valence-corrected chi connectivity index (χ4v) is 3.11. The summed E-state index contributed by atoms with van der Waals surface area (Å²) < 4.78 is 5.19. The van der Waals surface area contributed by atoms with Crippen LogP contribution in [0.15, 0.2) is 30.5 Å². The minimum atomic E-state index is -0.306. The molecule has 2 aromatic rings. The van der Waals surface area contributed by atoms with Crippen LogP contribution < -0.4 is 5.32 Å². The number of nitrogens with one attached hydrogen (secondary N) is 1. The third-order valence-electron chi connectivity index (χ3n) is 4.22. The highest BCUT2D eigenvalue weighted by Gasteiger charge is 2.20. The highest BCUT2D eigenvalue weighted by atomic mass is 16.5. The number of esters is 1. The number of fused-ring (bicyclic) bond motifs is 1. The van der Waals surface area contributed by atoms with Gasteiger partial charge in [-0.15, -0.1) is 0 Å². The first-order valence-corrected chi connectivity index (χ1v) is 8.11. The van der Waals surface area contributed by atoms with E-state index in [4.69, 9.17) is 4.74 Å². The van der Waals surface area contributed by atoms with Crippen LogP contribution in [0, 0.1) is 0 Å². The lowest BCUT2D eigenvalue weighted by Crippen LogP contribution is -2.24. The van der Waals surface area contributed by atoms with Crippen molar-refractivity contribution in [3.63, 3.8) is 0 Å². The van der Waals surface area contributed by atoms with Gasteiger partial charge in [0.25, 0.3) is 0 Å². The molecule has 0 radical (unpaired) electrons. The number of pyridine rings is 1. The minimum Gasteiger partial charge on any atom is -0.462 e. The SMILES string of the molecule is CCOC(=O)c1cnc2ccccc2c1NC1CCCCC1. The van der Waals surface area contributed by atoms with Gasteiger partial charge in [0.05, 0.1) is 17.8 Å². The first-order valence-electron chi connectivity index (χ1n) is 8.11. The Morgan fingerprint density at radius 2 is 2.05 bits per heavy atom. The van der Waals surface area contributed by atoms with Gasteiger partial charge in [-0.25, -0.2) is 4.79 Å². The van der Waals surface area contributed by atoms with Gasteiger partial charge in [0, 0.05) is 17.6 Å². The number of hydrogen-bond acceptors (Lipinski definition) is 4. The molecule has 1 N–H and O–H groups in total. The normalized spacial score (nSPS) is 15.7. The molecule has 4 heteroatoms. The molecule has 22 heavy (non-hydrogen) atoms. The lowest BCUT2D eigenvalue weighted by Gasteiger charge is -2.25. The topological polar surface area (TPSA) is 51.2 Å². The summed E-state index contributed by atoms with van der Waals surface area (Å²) in [4.78, 5) is 16.6. The molecule has 0 unspecified atom stereocenters. The summed E-state index contributed by atoms with van der Waals surface area (Å²) in [7, 11) is 0. The van der Waals surface area contributed by atoms with Gasteiger partial charge in [-0.05, 0) is 25.8 Å². The molecule has 0 saturated heterocycles. The molecule has 1 saturated carbocycles. The van der Waals surface area contributed by atoms with E-state index in [2.05, 4.69) is 10.3 Å². The summed E-state index contributed by atoms with van der Waals surface area (Å²) in [6.07, 6.45) is 7.73.